The number of rotatable bonds is 9. The first-order valence-corrected chi connectivity index (χ1v) is 9.35. The fraction of sp³-hybridized carbons (Fsp3) is 0.333. The Balaban J connectivity index is 1.82. The minimum Gasteiger partial charge on any atom is -0.480 e. The molecule has 144 valence electrons. The summed E-state index contributed by atoms with van der Waals surface area (Å²) in [6.07, 6.45) is 0.217. The Hall–Kier alpha value is -2.81. The highest BCUT2D eigenvalue weighted by Gasteiger charge is 2.26. The van der Waals surface area contributed by atoms with Gasteiger partial charge in [0, 0.05) is 19.5 Å². The summed E-state index contributed by atoms with van der Waals surface area (Å²) in [4.78, 5) is 36.9. The number of carbonyl (C=O) groups excluding carboxylic acids is 2. The Morgan fingerprint density at radius 3 is 2.56 bits per heavy atom. The Kier molecular flexibility index (Phi) is 7.42. The van der Waals surface area contributed by atoms with Crippen LogP contribution in [0.1, 0.15) is 11.3 Å². The van der Waals surface area contributed by atoms with E-state index >= 15 is 0 Å². The molecule has 1 unspecified atom stereocenters. The number of carboxylic acid groups (broad SMARTS) is 1. The van der Waals surface area contributed by atoms with E-state index in [0.717, 1.165) is 17.3 Å². The van der Waals surface area contributed by atoms with Gasteiger partial charge in [0.1, 0.15) is 11.8 Å². The molecule has 0 saturated heterocycles. The maximum absolute atomic E-state index is 12.3. The van der Waals surface area contributed by atoms with Crippen LogP contribution in [0.15, 0.2) is 40.9 Å². The van der Waals surface area contributed by atoms with Crippen molar-refractivity contribution in [1.29, 1.82) is 0 Å². The van der Waals surface area contributed by atoms with Crippen molar-refractivity contribution in [3.05, 3.63) is 47.7 Å². The summed E-state index contributed by atoms with van der Waals surface area (Å²) in [5.74, 6) is -0.805. The van der Waals surface area contributed by atoms with E-state index in [9.17, 15) is 19.5 Å². The van der Waals surface area contributed by atoms with Crippen LogP contribution in [0.3, 0.4) is 0 Å². The van der Waals surface area contributed by atoms with Crippen molar-refractivity contribution < 1.29 is 24.0 Å². The van der Waals surface area contributed by atoms with Crippen molar-refractivity contribution in [3.63, 3.8) is 0 Å². The lowest BCUT2D eigenvalue weighted by molar-refractivity contribution is -0.148. The Labute approximate surface area is 160 Å². The molecule has 27 heavy (non-hydrogen) atoms. The van der Waals surface area contributed by atoms with Gasteiger partial charge >= 0.3 is 5.97 Å². The van der Waals surface area contributed by atoms with E-state index in [2.05, 4.69) is 10.5 Å². The summed E-state index contributed by atoms with van der Waals surface area (Å²) in [5.41, 5.74) is 0.833. The third-order valence-electron chi connectivity index (χ3n) is 3.77. The Bertz CT molecular complexity index is 793. The fourth-order valence-electron chi connectivity index (χ4n) is 2.34. The van der Waals surface area contributed by atoms with Gasteiger partial charge in [-0.05, 0) is 12.5 Å². The lowest BCUT2D eigenvalue weighted by atomic mass is 10.1. The van der Waals surface area contributed by atoms with Crippen LogP contribution >= 0.6 is 11.8 Å². The normalized spacial score (nSPS) is 11.6. The predicted molar refractivity (Wildman–Crippen MR) is 102 cm³/mol. The van der Waals surface area contributed by atoms with Crippen LogP contribution < -0.4 is 5.32 Å². The van der Waals surface area contributed by atoms with Gasteiger partial charge in [-0.3, -0.25) is 9.59 Å². The summed E-state index contributed by atoms with van der Waals surface area (Å²) >= 11 is 1.10. The van der Waals surface area contributed by atoms with E-state index in [1.54, 1.807) is 13.0 Å². The predicted octanol–water partition coefficient (Wildman–Crippen LogP) is 1.81. The second-order valence-electron chi connectivity index (χ2n) is 5.91. The minimum absolute atomic E-state index is 0.000330. The van der Waals surface area contributed by atoms with Gasteiger partial charge < -0.3 is 19.8 Å². The number of anilines is 1. The zero-order valence-corrected chi connectivity index (χ0v) is 15.9. The number of carboxylic acids is 1. The van der Waals surface area contributed by atoms with Crippen molar-refractivity contribution in [2.45, 2.75) is 19.4 Å². The number of nitrogens with one attached hydrogen (secondary N) is 1. The molecule has 2 aromatic rings. The summed E-state index contributed by atoms with van der Waals surface area (Å²) in [7, 11) is 1.46. The average molecular weight is 391 g/mol. The molecule has 0 spiro atoms. The van der Waals surface area contributed by atoms with Crippen LogP contribution in [0.4, 0.5) is 5.82 Å². The standard InChI is InChI=1S/C18H21N3O5S/c1-12-8-15(20-26-12)19-16(22)10-27-11-17(23)21(2)14(18(24)25)9-13-6-4-3-5-7-13/h3-8,14H,9-11H2,1-2H3,(H,24,25)(H,19,20,22). The second kappa shape index (κ2) is 9.77. The smallest absolute Gasteiger partial charge is 0.326 e. The molecule has 0 fully saturated rings. The quantitative estimate of drug-likeness (QED) is 0.670. The van der Waals surface area contributed by atoms with Gasteiger partial charge in [0.05, 0.1) is 11.5 Å². The van der Waals surface area contributed by atoms with Crippen LogP contribution in [0.25, 0.3) is 0 Å². The highest BCUT2D eigenvalue weighted by Crippen LogP contribution is 2.12. The second-order valence-corrected chi connectivity index (χ2v) is 6.90. The molecule has 0 bridgehead atoms. The molecule has 0 aliphatic rings. The number of thioether (sulfide) groups is 1. The summed E-state index contributed by atoms with van der Waals surface area (Å²) in [6.45, 7) is 1.71. The van der Waals surface area contributed by atoms with Crippen LogP contribution in [0.2, 0.25) is 0 Å². The molecule has 0 radical (unpaired) electrons. The summed E-state index contributed by atoms with van der Waals surface area (Å²) in [6, 6.07) is 9.74. The van der Waals surface area contributed by atoms with Gasteiger partial charge in [-0.2, -0.15) is 0 Å². The topological polar surface area (TPSA) is 113 Å². The zero-order valence-electron chi connectivity index (χ0n) is 15.0. The third kappa shape index (κ3) is 6.45. The summed E-state index contributed by atoms with van der Waals surface area (Å²) < 4.78 is 4.85. The molecular weight excluding hydrogens is 370 g/mol. The number of amides is 2. The number of hydrogen-bond acceptors (Lipinski definition) is 6. The largest absolute Gasteiger partial charge is 0.480 e. The molecule has 0 saturated carbocycles. The molecule has 8 nitrogen and oxygen atoms in total. The molecule has 0 aliphatic heterocycles. The number of likely N-dealkylation sites (N-methyl/N-ethyl adjacent to an activating group) is 1. The monoisotopic (exact) mass is 391 g/mol. The highest BCUT2D eigenvalue weighted by molar-refractivity contribution is 8.00. The lowest BCUT2D eigenvalue weighted by Crippen LogP contribution is -2.44. The van der Waals surface area contributed by atoms with Gasteiger partial charge in [0.15, 0.2) is 5.82 Å². The number of aromatic nitrogens is 1. The van der Waals surface area contributed by atoms with E-state index in [-0.39, 0.29) is 29.7 Å². The van der Waals surface area contributed by atoms with Gasteiger partial charge in [-0.15, -0.1) is 11.8 Å². The molecule has 2 amide bonds. The van der Waals surface area contributed by atoms with Crippen LogP contribution in [0.5, 0.6) is 0 Å². The van der Waals surface area contributed by atoms with Gasteiger partial charge in [-0.25, -0.2) is 4.79 Å². The van der Waals surface area contributed by atoms with E-state index in [0.29, 0.717) is 11.6 Å². The number of benzene rings is 1. The fourth-order valence-corrected chi connectivity index (χ4v) is 3.08. The molecule has 1 heterocycles. The Morgan fingerprint density at radius 2 is 1.96 bits per heavy atom. The minimum atomic E-state index is -1.07. The first-order valence-electron chi connectivity index (χ1n) is 8.20. The van der Waals surface area contributed by atoms with Crippen molar-refractivity contribution in [2.24, 2.45) is 0 Å². The van der Waals surface area contributed by atoms with E-state index in [1.165, 1.54) is 11.9 Å². The molecule has 1 aromatic heterocycles. The molecule has 2 rings (SSSR count). The van der Waals surface area contributed by atoms with Gasteiger partial charge in [0.2, 0.25) is 11.8 Å². The highest BCUT2D eigenvalue weighted by atomic mass is 32.2. The first-order chi connectivity index (χ1) is 12.9. The van der Waals surface area contributed by atoms with Crippen LogP contribution in [0, 0.1) is 6.92 Å². The Morgan fingerprint density at radius 1 is 1.26 bits per heavy atom. The maximum atomic E-state index is 12.3. The molecular formula is C18H21N3O5S. The average Bonchev–Trinajstić information content (AvgIpc) is 3.04. The van der Waals surface area contributed by atoms with E-state index in [4.69, 9.17) is 4.52 Å². The first kappa shape index (κ1) is 20.5. The van der Waals surface area contributed by atoms with E-state index in [1.807, 2.05) is 30.3 Å². The van der Waals surface area contributed by atoms with Crippen molar-refractivity contribution in [2.75, 3.05) is 23.9 Å². The third-order valence-corrected chi connectivity index (χ3v) is 4.69. The number of nitrogens with zero attached hydrogens (tertiary/aromatic N) is 2. The molecule has 1 aromatic carbocycles. The summed E-state index contributed by atoms with van der Waals surface area (Å²) in [5, 5.41) is 15.7. The molecule has 1 atom stereocenters. The van der Waals surface area contributed by atoms with Crippen molar-refractivity contribution in [3.8, 4) is 0 Å². The molecule has 9 heteroatoms. The maximum Gasteiger partial charge on any atom is 0.326 e. The van der Waals surface area contributed by atoms with Gasteiger partial charge in [-0.1, -0.05) is 35.5 Å². The van der Waals surface area contributed by atoms with Crippen molar-refractivity contribution >= 4 is 35.4 Å². The van der Waals surface area contributed by atoms with Crippen molar-refractivity contribution in [1.82, 2.24) is 10.1 Å². The zero-order chi connectivity index (χ0) is 19.8. The number of aliphatic carboxylic acids is 1. The number of carbonyl (C=O) groups is 3. The molecule has 2 N–H and O–H groups in total. The van der Waals surface area contributed by atoms with E-state index < -0.39 is 12.0 Å². The number of hydrogen-bond donors (Lipinski definition) is 2. The number of aryl methyl sites for hydroxylation is 1. The van der Waals surface area contributed by atoms with Gasteiger partial charge in [0.25, 0.3) is 0 Å². The van der Waals surface area contributed by atoms with Crippen LogP contribution in [-0.4, -0.2) is 57.5 Å². The SMILES string of the molecule is Cc1cc(NC(=O)CSCC(=O)N(C)C(Cc2ccccc2)C(=O)O)no1. The molecule has 0 aliphatic carbocycles. The lowest BCUT2D eigenvalue weighted by Gasteiger charge is -2.25. The van der Waals surface area contributed by atoms with Crippen LogP contribution in [-0.2, 0) is 20.8 Å².